The summed E-state index contributed by atoms with van der Waals surface area (Å²) in [6.45, 7) is 4.11. The standard InChI is InChI=1S/C23H23N5O/c1-26-13-15-27(16-14-26)22-11-12-24-23-21(17-25-28(22)23)18-7-9-20(10-8-18)29-19-5-3-2-4-6-19/h2-12,17H,13-16H2,1H3. The molecule has 0 bridgehead atoms. The minimum Gasteiger partial charge on any atom is -0.457 e. The first-order chi connectivity index (χ1) is 14.3. The number of piperazine rings is 1. The molecule has 0 radical (unpaired) electrons. The topological polar surface area (TPSA) is 45.9 Å². The maximum atomic E-state index is 5.90. The number of likely N-dealkylation sites (N-methyl/N-ethyl adjacent to an activating group) is 1. The first-order valence-electron chi connectivity index (χ1n) is 9.87. The van der Waals surface area contributed by atoms with Crippen LogP contribution in [0.1, 0.15) is 0 Å². The maximum Gasteiger partial charge on any atom is 0.165 e. The summed E-state index contributed by atoms with van der Waals surface area (Å²) >= 11 is 0. The molecular formula is C23H23N5O. The molecule has 5 rings (SSSR count). The fourth-order valence-electron chi connectivity index (χ4n) is 3.68. The summed E-state index contributed by atoms with van der Waals surface area (Å²) in [6, 6.07) is 19.9. The third-order valence-corrected chi connectivity index (χ3v) is 5.35. The van der Waals surface area contributed by atoms with Gasteiger partial charge in [0.25, 0.3) is 0 Å². The van der Waals surface area contributed by atoms with Gasteiger partial charge in [-0.05, 0) is 42.9 Å². The van der Waals surface area contributed by atoms with Gasteiger partial charge in [-0.15, -0.1) is 0 Å². The number of benzene rings is 2. The lowest BCUT2D eigenvalue weighted by Crippen LogP contribution is -2.45. The molecule has 0 unspecified atom stereocenters. The lowest BCUT2D eigenvalue weighted by atomic mass is 10.1. The number of ether oxygens (including phenoxy) is 1. The second kappa shape index (κ2) is 7.56. The Hall–Kier alpha value is -3.38. The van der Waals surface area contributed by atoms with Gasteiger partial charge < -0.3 is 14.5 Å². The van der Waals surface area contributed by atoms with Gasteiger partial charge in [0.1, 0.15) is 17.3 Å². The summed E-state index contributed by atoms with van der Waals surface area (Å²) in [5.41, 5.74) is 2.97. The molecule has 0 aliphatic carbocycles. The van der Waals surface area contributed by atoms with Crippen LogP contribution in [0.4, 0.5) is 5.82 Å². The summed E-state index contributed by atoms with van der Waals surface area (Å²) < 4.78 is 7.85. The average molecular weight is 385 g/mol. The predicted octanol–water partition coefficient (Wildman–Crippen LogP) is 3.94. The maximum absolute atomic E-state index is 5.90. The third-order valence-electron chi connectivity index (χ3n) is 5.35. The van der Waals surface area contributed by atoms with Crippen molar-refractivity contribution in [2.24, 2.45) is 0 Å². The number of anilines is 1. The van der Waals surface area contributed by atoms with Crippen molar-refractivity contribution >= 4 is 11.5 Å². The molecule has 1 aliphatic rings. The molecule has 3 heterocycles. The zero-order valence-corrected chi connectivity index (χ0v) is 16.4. The van der Waals surface area contributed by atoms with Crippen LogP contribution in [-0.2, 0) is 0 Å². The fourth-order valence-corrected chi connectivity index (χ4v) is 3.68. The van der Waals surface area contributed by atoms with Crippen LogP contribution >= 0.6 is 0 Å². The molecule has 6 nitrogen and oxygen atoms in total. The minimum absolute atomic E-state index is 0.808. The van der Waals surface area contributed by atoms with Crippen molar-refractivity contribution in [3.8, 4) is 22.6 Å². The molecule has 1 aliphatic heterocycles. The van der Waals surface area contributed by atoms with Crippen molar-refractivity contribution in [1.82, 2.24) is 19.5 Å². The van der Waals surface area contributed by atoms with Crippen LogP contribution in [0.3, 0.4) is 0 Å². The summed E-state index contributed by atoms with van der Waals surface area (Å²) in [5, 5.41) is 4.65. The molecule has 0 atom stereocenters. The molecule has 0 amide bonds. The number of hydrogen-bond acceptors (Lipinski definition) is 5. The van der Waals surface area contributed by atoms with Crippen molar-refractivity contribution in [3.05, 3.63) is 73.1 Å². The largest absolute Gasteiger partial charge is 0.457 e. The Kier molecular flexibility index (Phi) is 4.62. The molecule has 2 aromatic carbocycles. The number of nitrogens with zero attached hydrogens (tertiary/aromatic N) is 5. The van der Waals surface area contributed by atoms with Gasteiger partial charge >= 0.3 is 0 Å². The van der Waals surface area contributed by atoms with E-state index >= 15 is 0 Å². The van der Waals surface area contributed by atoms with Gasteiger partial charge in [-0.2, -0.15) is 9.61 Å². The second-order valence-electron chi connectivity index (χ2n) is 7.33. The lowest BCUT2D eigenvalue weighted by Gasteiger charge is -2.33. The zero-order valence-electron chi connectivity index (χ0n) is 16.4. The highest BCUT2D eigenvalue weighted by atomic mass is 16.5. The Labute approximate surface area is 170 Å². The molecular weight excluding hydrogens is 362 g/mol. The van der Waals surface area contributed by atoms with Crippen LogP contribution in [0, 0.1) is 0 Å². The molecule has 1 fully saturated rings. The molecule has 29 heavy (non-hydrogen) atoms. The SMILES string of the molecule is CN1CCN(c2ccnc3c(-c4ccc(Oc5ccccc5)cc4)cnn23)CC1. The van der Waals surface area contributed by atoms with Gasteiger partial charge in [0.05, 0.1) is 6.20 Å². The van der Waals surface area contributed by atoms with E-state index in [1.807, 2.05) is 65.4 Å². The third kappa shape index (κ3) is 3.54. The molecule has 0 N–H and O–H groups in total. The summed E-state index contributed by atoms with van der Waals surface area (Å²) in [4.78, 5) is 9.34. The van der Waals surface area contributed by atoms with Gasteiger partial charge in [0, 0.05) is 37.9 Å². The van der Waals surface area contributed by atoms with Crippen LogP contribution < -0.4 is 9.64 Å². The Morgan fingerprint density at radius 3 is 2.31 bits per heavy atom. The van der Waals surface area contributed by atoms with Crippen LogP contribution in [0.5, 0.6) is 11.5 Å². The highest BCUT2D eigenvalue weighted by Crippen LogP contribution is 2.29. The van der Waals surface area contributed by atoms with Crippen LogP contribution in [0.25, 0.3) is 16.8 Å². The van der Waals surface area contributed by atoms with E-state index in [9.17, 15) is 0 Å². The van der Waals surface area contributed by atoms with E-state index in [4.69, 9.17) is 4.74 Å². The highest BCUT2D eigenvalue weighted by molar-refractivity contribution is 5.78. The predicted molar refractivity (Wildman–Crippen MR) is 115 cm³/mol. The zero-order chi connectivity index (χ0) is 19.6. The monoisotopic (exact) mass is 385 g/mol. The van der Waals surface area contributed by atoms with E-state index < -0.39 is 0 Å². The van der Waals surface area contributed by atoms with Gasteiger partial charge in [-0.25, -0.2) is 4.98 Å². The highest BCUT2D eigenvalue weighted by Gasteiger charge is 2.18. The van der Waals surface area contributed by atoms with E-state index in [1.54, 1.807) is 0 Å². The lowest BCUT2D eigenvalue weighted by molar-refractivity contribution is 0.311. The molecule has 4 aromatic rings. The normalized spacial score (nSPS) is 15.0. The van der Waals surface area contributed by atoms with Crippen molar-refractivity contribution in [2.45, 2.75) is 0 Å². The number of para-hydroxylation sites is 1. The van der Waals surface area contributed by atoms with Crippen molar-refractivity contribution < 1.29 is 4.74 Å². The van der Waals surface area contributed by atoms with Crippen molar-refractivity contribution in [1.29, 1.82) is 0 Å². The van der Waals surface area contributed by atoms with Gasteiger partial charge in [-0.1, -0.05) is 30.3 Å². The number of rotatable bonds is 4. The van der Waals surface area contributed by atoms with E-state index in [-0.39, 0.29) is 0 Å². The summed E-state index contributed by atoms with van der Waals surface area (Å²) in [5.74, 6) is 2.73. The molecule has 0 saturated carbocycles. The number of fused-ring (bicyclic) bond motifs is 1. The Bertz CT molecular complexity index is 1100. The summed E-state index contributed by atoms with van der Waals surface area (Å²) in [7, 11) is 2.16. The molecule has 1 saturated heterocycles. The van der Waals surface area contributed by atoms with Crippen LogP contribution in [0.2, 0.25) is 0 Å². The van der Waals surface area contributed by atoms with Crippen molar-refractivity contribution in [2.75, 3.05) is 38.1 Å². The smallest absolute Gasteiger partial charge is 0.165 e. The fraction of sp³-hybridized carbons (Fsp3) is 0.217. The molecule has 6 heteroatoms. The number of hydrogen-bond donors (Lipinski definition) is 0. The van der Waals surface area contributed by atoms with Gasteiger partial charge in [0.2, 0.25) is 0 Å². The Balaban J connectivity index is 1.43. The van der Waals surface area contributed by atoms with Gasteiger partial charge in [-0.3, -0.25) is 0 Å². The minimum atomic E-state index is 0.808. The van der Waals surface area contributed by atoms with Crippen molar-refractivity contribution in [3.63, 3.8) is 0 Å². The van der Waals surface area contributed by atoms with E-state index in [2.05, 4.69) is 39.1 Å². The molecule has 146 valence electrons. The first-order valence-corrected chi connectivity index (χ1v) is 9.87. The quantitative estimate of drug-likeness (QED) is 0.532. The molecule has 2 aromatic heterocycles. The Morgan fingerprint density at radius 2 is 1.55 bits per heavy atom. The van der Waals surface area contributed by atoms with Crippen LogP contribution in [-0.4, -0.2) is 52.7 Å². The first kappa shape index (κ1) is 17.7. The average Bonchev–Trinajstić information content (AvgIpc) is 3.20. The van der Waals surface area contributed by atoms with E-state index in [0.717, 1.165) is 60.3 Å². The number of aromatic nitrogens is 3. The van der Waals surface area contributed by atoms with E-state index in [1.165, 1.54) is 0 Å². The molecule has 0 spiro atoms. The Morgan fingerprint density at radius 1 is 0.828 bits per heavy atom. The van der Waals surface area contributed by atoms with Gasteiger partial charge in [0.15, 0.2) is 5.65 Å². The van der Waals surface area contributed by atoms with E-state index in [0.29, 0.717) is 0 Å². The van der Waals surface area contributed by atoms with Crippen LogP contribution in [0.15, 0.2) is 73.1 Å². The second-order valence-corrected chi connectivity index (χ2v) is 7.33. The summed E-state index contributed by atoms with van der Waals surface area (Å²) in [6.07, 6.45) is 3.77.